The van der Waals surface area contributed by atoms with Crippen molar-refractivity contribution in [2.24, 2.45) is 0 Å². The molecule has 0 fully saturated rings. The first-order valence-corrected chi connectivity index (χ1v) is 4.79. The lowest BCUT2D eigenvalue weighted by Crippen LogP contribution is -2.20. The second-order valence-corrected chi connectivity index (χ2v) is 3.81. The van der Waals surface area contributed by atoms with E-state index in [0.717, 1.165) is 0 Å². The van der Waals surface area contributed by atoms with Gasteiger partial charge in [-0.25, -0.2) is 4.98 Å². The standard InChI is InChI=1S/C10H9N3O2/c1-6-5-12-8(14)3-2-7-10(12)13(6)9(15)4-11-7/h2-4,6H,5H2,1H3. The van der Waals surface area contributed by atoms with Crippen LogP contribution in [0, 0.1) is 0 Å². The van der Waals surface area contributed by atoms with Gasteiger partial charge in [-0.05, 0) is 13.0 Å². The van der Waals surface area contributed by atoms with E-state index in [-0.39, 0.29) is 17.2 Å². The predicted octanol–water partition coefficient (Wildman–Crippen LogP) is 0.133. The van der Waals surface area contributed by atoms with Gasteiger partial charge in [-0.3, -0.25) is 18.7 Å². The quantitative estimate of drug-likeness (QED) is 0.611. The van der Waals surface area contributed by atoms with E-state index in [1.165, 1.54) is 12.3 Å². The maximum Gasteiger partial charge on any atom is 0.270 e. The van der Waals surface area contributed by atoms with Gasteiger partial charge in [-0.1, -0.05) is 0 Å². The van der Waals surface area contributed by atoms with Crippen molar-refractivity contribution < 1.29 is 0 Å². The Morgan fingerprint density at radius 2 is 2.13 bits per heavy atom. The van der Waals surface area contributed by atoms with E-state index in [0.29, 0.717) is 17.7 Å². The molecule has 0 spiro atoms. The molecule has 0 bridgehead atoms. The van der Waals surface area contributed by atoms with E-state index < -0.39 is 0 Å². The first-order chi connectivity index (χ1) is 7.18. The fraction of sp³-hybridized carbons (Fsp3) is 0.300. The molecule has 1 aliphatic heterocycles. The van der Waals surface area contributed by atoms with Gasteiger partial charge in [0.2, 0.25) is 0 Å². The van der Waals surface area contributed by atoms with Crippen molar-refractivity contribution in [3.8, 4) is 0 Å². The Balaban J connectivity index is 2.65. The molecule has 0 saturated carbocycles. The predicted molar refractivity (Wildman–Crippen MR) is 55.0 cm³/mol. The van der Waals surface area contributed by atoms with E-state index in [4.69, 9.17) is 0 Å². The van der Waals surface area contributed by atoms with Crippen molar-refractivity contribution in [1.29, 1.82) is 0 Å². The summed E-state index contributed by atoms with van der Waals surface area (Å²) in [6, 6.07) is 3.17. The average molecular weight is 203 g/mol. The second kappa shape index (κ2) is 2.56. The first-order valence-electron chi connectivity index (χ1n) is 4.79. The van der Waals surface area contributed by atoms with Crippen LogP contribution in [0.3, 0.4) is 0 Å². The number of rotatable bonds is 0. The van der Waals surface area contributed by atoms with Crippen LogP contribution in [0.1, 0.15) is 13.0 Å². The Labute approximate surface area is 84.6 Å². The van der Waals surface area contributed by atoms with Crippen molar-refractivity contribution in [1.82, 2.24) is 14.1 Å². The normalized spacial score (nSPS) is 18.6. The first kappa shape index (κ1) is 8.40. The van der Waals surface area contributed by atoms with Crippen molar-refractivity contribution in [2.75, 3.05) is 0 Å². The molecule has 0 amide bonds. The fourth-order valence-corrected chi connectivity index (χ4v) is 2.15. The van der Waals surface area contributed by atoms with Gasteiger partial charge in [0.05, 0.1) is 12.2 Å². The van der Waals surface area contributed by atoms with Crippen LogP contribution in [0.5, 0.6) is 0 Å². The zero-order valence-electron chi connectivity index (χ0n) is 8.17. The minimum atomic E-state index is -0.146. The van der Waals surface area contributed by atoms with E-state index in [1.54, 1.807) is 15.2 Å². The summed E-state index contributed by atoms with van der Waals surface area (Å²) in [6.45, 7) is 2.48. The van der Waals surface area contributed by atoms with Crippen LogP contribution in [-0.4, -0.2) is 14.1 Å². The molecule has 0 saturated heterocycles. The minimum absolute atomic E-state index is 0.0260. The van der Waals surface area contributed by atoms with E-state index in [1.807, 2.05) is 6.92 Å². The third-order valence-corrected chi connectivity index (χ3v) is 2.80. The highest BCUT2D eigenvalue weighted by atomic mass is 16.1. The molecule has 1 unspecified atom stereocenters. The number of nitrogens with zero attached hydrogens (tertiary/aromatic N) is 3. The van der Waals surface area contributed by atoms with E-state index in [2.05, 4.69) is 4.98 Å². The Kier molecular flexibility index (Phi) is 1.44. The Bertz CT molecular complexity index is 663. The maximum absolute atomic E-state index is 11.6. The van der Waals surface area contributed by atoms with Crippen LogP contribution in [0.25, 0.3) is 11.2 Å². The van der Waals surface area contributed by atoms with Crippen LogP contribution < -0.4 is 11.1 Å². The SMILES string of the molecule is CC1Cn2c(=O)ccc3ncc(=O)n1c32. The van der Waals surface area contributed by atoms with Crippen molar-refractivity contribution in [3.63, 3.8) is 0 Å². The number of hydrogen-bond acceptors (Lipinski definition) is 3. The molecule has 3 heterocycles. The van der Waals surface area contributed by atoms with Gasteiger partial charge in [-0.2, -0.15) is 0 Å². The van der Waals surface area contributed by atoms with Gasteiger partial charge < -0.3 is 0 Å². The van der Waals surface area contributed by atoms with Crippen molar-refractivity contribution >= 4 is 11.2 Å². The lowest BCUT2D eigenvalue weighted by molar-refractivity contribution is 0.527. The Morgan fingerprint density at radius 3 is 2.93 bits per heavy atom. The van der Waals surface area contributed by atoms with Crippen LogP contribution >= 0.6 is 0 Å². The summed E-state index contributed by atoms with van der Waals surface area (Å²) in [5.41, 5.74) is 1.11. The second-order valence-electron chi connectivity index (χ2n) is 3.81. The average Bonchev–Trinajstić information content (AvgIpc) is 2.56. The third kappa shape index (κ3) is 0.945. The van der Waals surface area contributed by atoms with Gasteiger partial charge in [0.25, 0.3) is 11.1 Å². The minimum Gasteiger partial charge on any atom is -0.291 e. The van der Waals surface area contributed by atoms with Crippen LogP contribution in [0.4, 0.5) is 0 Å². The molecule has 5 heteroatoms. The lowest BCUT2D eigenvalue weighted by atomic mass is 10.3. The molecule has 2 aromatic heterocycles. The summed E-state index contributed by atoms with van der Waals surface area (Å²) >= 11 is 0. The molecular formula is C10H9N3O2. The highest BCUT2D eigenvalue weighted by Gasteiger charge is 2.22. The summed E-state index contributed by atoms with van der Waals surface area (Å²) in [5, 5.41) is 0. The van der Waals surface area contributed by atoms with Crippen molar-refractivity contribution in [2.45, 2.75) is 19.5 Å². The molecule has 1 atom stereocenters. The highest BCUT2D eigenvalue weighted by Crippen LogP contribution is 2.20. The Hall–Kier alpha value is -1.91. The molecule has 0 radical (unpaired) electrons. The molecule has 0 N–H and O–H groups in total. The third-order valence-electron chi connectivity index (χ3n) is 2.80. The summed E-state index contributed by atoms with van der Waals surface area (Å²) in [6.07, 6.45) is 1.30. The summed E-state index contributed by atoms with van der Waals surface area (Å²) in [5.74, 6) is 0. The maximum atomic E-state index is 11.6. The van der Waals surface area contributed by atoms with Crippen LogP contribution in [0.2, 0.25) is 0 Å². The molecule has 15 heavy (non-hydrogen) atoms. The molecule has 0 aliphatic carbocycles. The largest absolute Gasteiger partial charge is 0.291 e. The summed E-state index contributed by atoms with van der Waals surface area (Å²) in [4.78, 5) is 27.2. The van der Waals surface area contributed by atoms with E-state index >= 15 is 0 Å². The topological polar surface area (TPSA) is 56.9 Å². The Morgan fingerprint density at radius 1 is 1.33 bits per heavy atom. The lowest BCUT2D eigenvalue weighted by Gasteiger charge is -2.04. The number of hydrogen-bond donors (Lipinski definition) is 0. The van der Waals surface area contributed by atoms with Gasteiger partial charge in [0, 0.05) is 12.6 Å². The number of pyridine rings is 1. The molecule has 2 aromatic rings. The number of aromatic nitrogens is 3. The molecular weight excluding hydrogens is 194 g/mol. The molecule has 5 nitrogen and oxygen atoms in total. The van der Waals surface area contributed by atoms with Gasteiger partial charge in [-0.15, -0.1) is 0 Å². The van der Waals surface area contributed by atoms with E-state index in [9.17, 15) is 9.59 Å². The molecule has 3 rings (SSSR count). The molecule has 76 valence electrons. The highest BCUT2D eigenvalue weighted by molar-refractivity contribution is 5.71. The summed E-state index contributed by atoms with van der Waals surface area (Å²) < 4.78 is 3.23. The zero-order chi connectivity index (χ0) is 10.6. The van der Waals surface area contributed by atoms with Gasteiger partial charge in [0.1, 0.15) is 11.2 Å². The molecule has 0 aromatic carbocycles. The van der Waals surface area contributed by atoms with Gasteiger partial charge in [0.15, 0.2) is 0 Å². The monoisotopic (exact) mass is 203 g/mol. The van der Waals surface area contributed by atoms with Crippen molar-refractivity contribution in [3.05, 3.63) is 39.0 Å². The smallest absolute Gasteiger partial charge is 0.270 e. The summed E-state index contributed by atoms with van der Waals surface area (Å²) in [7, 11) is 0. The van der Waals surface area contributed by atoms with Crippen LogP contribution in [0.15, 0.2) is 27.9 Å². The fourth-order valence-electron chi connectivity index (χ4n) is 2.15. The zero-order valence-corrected chi connectivity index (χ0v) is 8.17. The van der Waals surface area contributed by atoms with Crippen LogP contribution in [-0.2, 0) is 6.54 Å². The van der Waals surface area contributed by atoms with Gasteiger partial charge >= 0.3 is 0 Å². The molecule has 1 aliphatic rings.